The first-order valence-corrected chi connectivity index (χ1v) is 14.0. The lowest BCUT2D eigenvalue weighted by molar-refractivity contribution is -0.140. The molecule has 0 fully saturated rings. The van der Waals surface area contributed by atoms with Gasteiger partial charge in [-0.2, -0.15) is 13.2 Å². The number of hydrogen-bond donors (Lipinski definition) is 1. The number of halogens is 5. The normalized spacial score (nSPS) is 12.6. The van der Waals surface area contributed by atoms with Crippen molar-refractivity contribution in [3.8, 4) is 0 Å². The maximum absolute atomic E-state index is 13.6. The zero-order valence-corrected chi connectivity index (χ0v) is 22.8. The molecule has 2 rings (SSSR count). The van der Waals surface area contributed by atoms with E-state index in [2.05, 4.69) is 5.32 Å². The summed E-state index contributed by atoms with van der Waals surface area (Å²) in [5.74, 6) is -1.29. The Balaban J connectivity index is 2.53. The van der Waals surface area contributed by atoms with Crippen LogP contribution in [0, 0.1) is 0 Å². The fourth-order valence-electron chi connectivity index (χ4n) is 3.59. The van der Waals surface area contributed by atoms with Crippen LogP contribution in [-0.2, 0) is 32.3 Å². The number of amides is 2. The van der Waals surface area contributed by atoms with Gasteiger partial charge in [0.25, 0.3) is 0 Å². The van der Waals surface area contributed by atoms with E-state index in [-0.39, 0.29) is 28.7 Å². The van der Waals surface area contributed by atoms with Crippen LogP contribution in [0.3, 0.4) is 0 Å². The lowest BCUT2D eigenvalue weighted by atomic mass is 10.1. The van der Waals surface area contributed by atoms with Gasteiger partial charge < -0.3 is 10.2 Å². The molecule has 0 aromatic heterocycles. The lowest BCUT2D eigenvalue weighted by Gasteiger charge is -2.33. The molecule has 0 saturated heterocycles. The smallest absolute Gasteiger partial charge is 0.354 e. The highest BCUT2D eigenvalue weighted by Crippen LogP contribution is 2.32. The van der Waals surface area contributed by atoms with Crippen LogP contribution in [-0.4, -0.2) is 50.5 Å². The first kappa shape index (κ1) is 30.7. The van der Waals surface area contributed by atoms with Crippen LogP contribution < -0.4 is 9.62 Å². The van der Waals surface area contributed by atoms with Crippen LogP contribution >= 0.6 is 23.2 Å². The van der Waals surface area contributed by atoms with Crippen molar-refractivity contribution in [2.75, 3.05) is 23.7 Å². The number of nitrogens with zero attached hydrogens (tertiary/aromatic N) is 2. The molecule has 0 saturated carbocycles. The Labute approximate surface area is 224 Å². The Morgan fingerprint density at radius 3 is 2.16 bits per heavy atom. The third kappa shape index (κ3) is 8.24. The molecule has 37 heavy (non-hydrogen) atoms. The molecule has 0 aliphatic heterocycles. The average molecular weight is 582 g/mol. The van der Waals surface area contributed by atoms with Gasteiger partial charge in [-0.3, -0.25) is 13.9 Å². The predicted molar refractivity (Wildman–Crippen MR) is 138 cm³/mol. The fourth-order valence-corrected chi connectivity index (χ4v) is 4.95. The van der Waals surface area contributed by atoms with E-state index in [0.717, 1.165) is 29.4 Å². The highest BCUT2D eigenvalue weighted by atomic mass is 35.5. The molecule has 2 amide bonds. The molecule has 1 atom stereocenters. The summed E-state index contributed by atoms with van der Waals surface area (Å²) in [5, 5.41) is 3.17. The van der Waals surface area contributed by atoms with Crippen molar-refractivity contribution < 1.29 is 31.2 Å². The summed E-state index contributed by atoms with van der Waals surface area (Å²) >= 11 is 12.6. The monoisotopic (exact) mass is 581 g/mol. The van der Waals surface area contributed by atoms with E-state index in [0.29, 0.717) is 28.9 Å². The number of alkyl halides is 3. The topological polar surface area (TPSA) is 86.8 Å². The van der Waals surface area contributed by atoms with Crippen LogP contribution in [0.5, 0.6) is 0 Å². The molecular formula is C24H28Cl2F3N3O4S. The van der Waals surface area contributed by atoms with Crippen LogP contribution in [0.2, 0.25) is 10.0 Å². The van der Waals surface area contributed by atoms with Gasteiger partial charge in [0.05, 0.1) is 17.5 Å². The molecule has 2 aromatic carbocycles. The standard InChI is InChI=1S/C24H28Cl2F3N3O4S/c1-4-12-30-23(34)21(5-2)31(14-18-19(25)10-7-11-20(18)26)22(33)15-32(37(3,35)36)17-9-6-8-16(13-17)24(27,28)29/h6-11,13,21H,4-5,12,14-15H2,1-3H3,(H,30,34)/t21-/m0/s1. The zero-order valence-electron chi connectivity index (χ0n) is 20.5. The summed E-state index contributed by atoms with van der Waals surface area (Å²) in [5.41, 5.74) is -1.08. The van der Waals surface area contributed by atoms with Crippen molar-refractivity contribution in [1.29, 1.82) is 0 Å². The number of anilines is 1. The lowest BCUT2D eigenvalue weighted by Crippen LogP contribution is -2.52. The maximum atomic E-state index is 13.6. The van der Waals surface area contributed by atoms with Crippen LogP contribution in [0.1, 0.15) is 37.8 Å². The summed E-state index contributed by atoms with van der Waals surface area (Å²) in [6.07, 6.45) is -3.13. The summed E-state index contributed by atoms with van der Waals surface area (Å²) in [4.78, 5) is 27.7. The van der Waals surface area contributed by atoms with Crippen LogP contribution in [0.4, 0.5) is 18.9 Å². The van der Waals surface area contributed by atoms with E-state index in [9.17, 15) is 31.2 Å². The predicted octanol–water partition coefficient (Wildman–Crippen LogP) is 5.11. The van der Waals surface area contributed by atoms with Gasteiger partial charge in [-0.25, -0.2) is 8.42 Å². The minimum atomic E-state index is -4.72. The molecule has 0 unspecified atom stereocenters. The fraction of sp³-hybridized carbons (Fsp3) is 0.417. The second-order valence-electron chi connectivity index (χ2n) is 8.25. The van der Waals surface area contributed by atoms with Gasteiger partial charge in [-0.05, 0) is 43.2 Å². The Kier molecular flexibility index (Phi) is 10.7. The number of rotatable bonds is 11. The SMILES string of the molecule is CCCNC(=O)[C@H](CC)N(Cc1c(Cl)cccc1Cl)C(=O)CN(c1cccc(C(F)(F)F)c1)S(C)(=O)=O. The van der Waals surface area contributed by atoms with E-state index >= 15 is 0 Å². The van der Waals surface area contributed by atoms with E-state index in [1.807, 2.05) is 6.92 Å². The van der Waals surface area contributed by atoms with Gasteiger partial charge in [-0.15, -0.1) is 0 Å². The molecule has 13 heteroatoms. The van der Waals surface area contributed by atoms with Crippen molar-refractivity contribution >= 4 is 50.7 Å². The summed E-state index contributed by atoms with van der Waals surface area (Å²) in [6.45, 7) is 2.80. The number of nitrogens with one attached hydrogen (secondary N) is 1. The van der Waals surface area contributed by atoms with Crippen LogP contribution in [0.15, 0.2) is 42.5 Å². The van der Waals surface area contributed by atoms with Crippen LogP contribution in [0.25, 0.3) is 0 Å². The Morgan fingerprint density at radius 1 is 1.05 bits per heavy atom. The quantitative estimate of drug-likeness (QED) is 0.399. The van der Waals surface area contributed by atoms with Crippen molar-refractivity contribution in [2.24, 2.45) is 0 Å². The molecule has 0 bridgehead atoms. The van der Waals surface area contributed by atoms with E-state index < -0.39 is 46.2 Å². The van der Waals surface area contributed by atoms with Crippen molar-refractivity contribution in [1.82, 2.24) is 10.2 Å². The summed E-state index contributed by atoms with van der Waals surface area (Å²) in [7, 11) is -4.20. The molecule has 2 aromatic rings. The Hall–Kier alpha value is -2.50. The Morgan fingerprint density at radius 2 is 1.65 bits per heavy atom. The van der Waals surface area contributed by atoms with Gasteiger partial charge in [-0.1, -0.05) is 49.2 Å². The molecule has 0 spiro atoms. The number of hydrogen-bond acceptors (Lipinski definition) is 4. The first-order valence-electron chi connectivity index (χ1n) is 11.4. The third-order valence-corrected chi connectivity index (χ3v) is 7.31. The molecule has 1 N–H and O–H groups in total. The molecule has 0 aliphatic carbocycles. The first-order chi connectivity index (χ1) is 17.2. The number of carbonyl (C=O) groups excluding carboxylic acids is 2. The van der Waals surface area contributed by atoms with Crippen molar-refractivity contribution in [2.45, 2.75) is 45.5 Å². The average Bonchev–Trinajstić information content (AvgIpc) is 2.81. The Bertz CT molecular complexity index is 1210. The molecule has 0 aliphatic rings. The van der Waals surface area contributed by atoms with E-state index in [4.69, 9.17) is 23.2 Å². The molecule has 204 valence electrons. The largest absolute Gasteiger partial charge is 0.416 e. The van der Waals surface area contributed by atoms with Gasteiger partial charge >= 0.3 is 6.18 Å². The van der Waals surface area contributed by atoms with Gasteiger partial charge in [0.15, 0.2) is 0 Å². The minimum Gasteiger partial charge on any atom is -0.354 e. The number of carbonyl (C=O) groups is 2. The molecule has 7 nitrogen and oxygen atoms in total. The summed E-state index contributed by atoms with van der Waals surface area (Å²) in [6, 6.07) is 7.33. The van der Waals surface area contributed by atoms with Gasteiger partial charge in [0.2, 0.25) is 21.8 Å². The van der Waals surface area contributed by atoms with E-state index in [1.165, 1.54) is 0 Å². The van der Waals surface area contributed by atoms with E-state index in [1.54, 1.807) is 25.1 Å². The maximum Gasteiger partial charge on any atom is 0.416 e. The second kappa shape index (κ2) is 12.8. The van der Waals surface area contributed by atoms with Crippen molar-refractivity contribution in [3.63, 3.8) is 0 Å². The van der Waals surface area contributed by atoms with Gasteiger partial charge in [0, 0.05) is 28.7 Å². The second-order valence-corrected chi connectivity index (χ2v) is 11.0. The highest BCUT2D eigenvalue weighted by molar-refractivity contribution is 7.92. The molecule has 0 radical (unpaired) electrons. The number of sulfonamides is 1. The third-order valence-electron chi connectivity index (χ3n) is 5.47. The number of benzene rings is 2. The van der Waals surface area contributed by atoms with Crippen molar-refractivity contribution in [3.05, 3.63) is 63.6 Å². The highest BCUT2D eigenvalue weighted by Gasteiger charge is 2.34. The molecular weight excluding hydrogens is 554 g/mol. The van der Waals surface area contributed by atoms with Gasteiger partial charge in [0.1, 0.15) is 12.6 Å². The molecule has 0 heterocycles. The zero-order chi connectivity index (χ0) is 28.0. The minimum absolute atomic E-state index is 0.172. The summed E-state index contributed by atoms with van der Waals surface area (Å²) < 4.78 is 65.5.